The highest BCUT2D eigenvalue weighted by molar-refractivity contribution is 5.85. The molecule has 0 aliphatic heterocycles. The molecule has 6 rings (SSSR count). The maximum absolute atomic E-state index is 11.8. The minimum absolute atomic E-state index is 0.0894. The molecule has 7 heteroatoms. The number of hydrogen-bond acceptors (Lipinski definition) is 6. The van der Waals surface area contributed by atoms with Gasteiger partial charge in [-0.1, -0.05) is 96.5 Å². The Morgan fingerprint density at radius 3 is 1.45 bits per heavy atom. The van der Waals surface area contributed by atoms with E-state index < -0.39 is 11.6 Å². The summed E-state index contributed by atoms with van der Waals surface area (Å²) in [6.07, 6.45) is 16.0. The average Bonchev–Trinajstić information content (AvgIpc) is 3.20. The molecule has 0 spiro atoms. The third-order valence-electron chi connectivity index (χ3n) is 13.0. The van der Waals surface area contributed by atoms with E-state index in [9.17, 15) is 9.59 Å². The highest BCUT2D eigenvalue weighted by atomic mass is 16.6. The zero-order chi connectivity index (χ0) is 44.9. The average molecular weight is 850 g/mol. The largest absolute Gasteiger partial charge is 0.490 e. The van der Waals surface area contributed by atoms with Crippen molar-refractivity contribution in [3.05, 3.63) is 83.9 Å². The molecule has 0 atom stereocenters. The lowest BCUT2D eigenvalue weighted by atomic mass is 9.72. The lowest BCUT2D eigenvalue weighted by Crippen LogP contribution is -2.30. The summed E-state index contributed by atoms with van der Waals surface area (Å²) in [5.41, 5.74) is 3.03. The van der Waals surface area contributed by atoms with Crippen molar-refractivity contribution in [1.29, 1.82) is 0 Å². The second kappa shape index (κ2) is 22.5. The molecule has 7 nitrogen and oxygen atoms in total. The zero-order valence-electron chi connectivity index (χ0n) is 39.7. The zero-order valence-corrected chi connectivity index (χ0v) is 39.7. The Morgan fingerprint density at radius 1 is 0.548 bits per heavy atom. The topological polar surface area (TPSA) is 94.1 Å². The van der Waals surface area contributed by atoms with Gasteiger partial charge in [-0.15, -0.1) is 0 Å². The summed E-state index contributed by atoms with van der Waals surface area (Å²) in [6, 6.07) is 26.2. The highest BCUT2D eigenvalue weighted by Gasteiger charge is 2.31. The normalized spacial score (nSPS) is 19.7. The van der Waals surface area contributed by atoms with Crippen LogP contribution in [0.25, 0.3) is 21.5 Å². The summed E-state index contributed by atoms with van der Waals surface area (Å²) in [7, 11) is 0. The van der Waals surface area contributed by atoms with Crippen LogP contribution in [-0.4, -0.2) is 47.9 Å². The van der Waals surface area contributed by atoms with Crippen LogP contribution in [0, 0.1) is 22.7 Å². The van der Waals surface area contributed by atoms with Gasteiger partial charge in [0.05, 0.1) is 18.6 Å². The second-order valence-corrected chi connectivity index (χ2v) is 21.4. The number of carbonyl (C=O) groups is 2. The van der Waals surface area contributed by atoms with Gasteiger partial charge in [0.15, 0.2) is 0 Å². The summed E-state index contributed by atoms with van der Waals surface area (Å²) in [5.74, 6) is 2.73. The summed E-state index contributed by atoms with van der Waals surface area (Å²) in [5, 5.41) is 16.8. The van der Waals surface area contributed by atoms with Crippen LogP contribution in [0.3, 0.4) is 0 Å². The molecule has 0 unspecified atom stereocenters. The molecule has 0 saturated heterocycles. The first-order valence-electron chi connectivity index (χ1n) is 23.8. The van der Waals surface area contributed by atoms with Gasteiger partial charge >= 0.3 is 11.9 Å². The van der Waals surface area contributed by atoms with Crippen molar-refractivity contribution >= 4 is 33.5 Å². The first kappa shape index (κ1) is 48.9. The summed E-state index contributed by atoms with van der Waals surface area (Å²) in [4.78, 5) is 22.3. The predicted molar refractivity (Wildman–Crippen MR) is 256 cm³/mol. The number of carboxylic acids is 1. The third-order valence-corrected chi connectivity index (χ3v) is 13.0. The molecule has 4 aromatic rings. The SMILES string of the molecule is CC(C)(C)C1CCC(Oc2ccc3cc(CCNCCC(=O)O)ccc3c2)CC1.CC(C)(C)OC(=O)CCCCCc1ccc2cc(OC3CCC(C(C)(C)C)CC3)ccc2c1. The minimum Gasteiger partial charge on any atom is -0.490 e. The van der Waals surface area contributed by atoms with Crippen molar-refractivity contribution in [2.24, 2.45) is 22.7 Å². The Hall–Kier alpha value is -4.10. The number of rotatable bonds is 16. The van der Waals surface area contributed by atoms with E-state index in [1.807, 2.05) is 20.8 Å². The molecule has 0 bridgehead atoms. The van der Waals surface area contributed by atoms with Crippen LogP contribution in [0.1, 0.15) is 157 Å². The number of carboxylic acid groups (broad SMARTS) is 1. The third kappa shape index (κ3) is 16.5. The van der Waals surface area contributed by atoms with E-state index in [1.54, 1.807) is 0 Å². The quantitative estimate of drug-likeness (QED) is 0.0856. The van der Waals surface area contributed by atoms with Crippen molar-refractivity contribution in [1.82, 2.24) is 5.32 Å². The molecule has 0 aromatic heterocycles. The lowest BCUT2D eigenvalue weighted by molar-refractivity contribution is -0.155. The molecular formula is C55H79NO6. The van der Waals surface area contributed by atoms with Crippen LogP contribution >= 0.6 is 0 Å². The molecule has 2 saturated carbocycles. The van der Waals surface area contributed by atoms with Crippen LogP contribution in [-0.2, 0) is 27.2 Å². The fraction of sp³-hybridized carbons (Fsp3) is 0.600. The summed E-state index contributed by atoms with van der Waals surface area (Å²) in [6.45, 7) is 21.2. The Morgan fingerprint density at radius 2 is 1.00 bits per heavy atom. The first-order chi connectivity index (χ1) is 29.3. The molecule has 0 amide bonds. The smallest absolute Gasteiger partial charge is 0.306 e. The Kier molecular flexibility index (Phi) is 17.8. The Bertz CT molecular complexity index is 2020. The number of esters is 1. The van der Waals surface area contributed by atoms with E-state index >= 15 is 0 Å². The van der Waals surface area contributed by atoms with Crippen molar-refractivity contribution in [2.45, 2.75) is 176 Å². The molecule has 0 radical (unpaired) electrons. The standard InChI is InChI=1S/C30H44O3.C25H35NO3/c1-29(2,3)25-15-18-26(19-16-25)32-27-17-14-23-20-22(12-13-24(23)21-27)10-8-7-9-11-28(31)33-30(4,5)6;1-25(2,3)21-7-10-22(11-8-21)29-23-9-6-19-16-18(4-5-20(19)17-23)12-14-26-15-13-24(27)28/h12-14,17,20-21,25-26H,7-11,15-16,18-19H2,1-6H3;4-6,9,16-17,21-22,26H,7-8,10-15H2,1-3H3,(H,27,28). The van der Waals surface area contributed by atoms with Gasteiger partial charge in [0.25, 0.3) is 0 Å². The molecule has 2 aliphatic rings. The summed E-state index contributed by atoms with van der Waals surface area (Å²) < 4.78 is 18.0. The number of benzene rings is 4. The second-order valence-electron chi connectivity index (χ2n) is 21.4. The van der Waals surface area contributed by atoms with Gasteiger partial charge in [-0.05, 0) is 184 Å². The number of unbranched alkanes of at least 4 members (excludes halogenated alkanes) is 2. The number of nitrogens with one attached hydrogen (secondary N) is 1. The van der Waals surface area contributed by atoms with E-state index in [0.717, 1.165) is 87.7 Å². The number of fused-ring (bicyclic) bond motifs is 2. The minimum atomic E-state index is -0.761. The van der Waals surface area contributed by atoms with E-state index in [0.29, 0.717) is 36.0 Å². The van der Waals surface area contributed by atoms with Gasteiger partial charge < -0.3 is 24.6 Å². The van der Waals surface area contributed by atoms with Crippen LogP contribution in [0.2, 0.25) is 0 Å². The van der Waals surface area contributed by atoms with Crippen molar-refractivity contribution < 1.29 is 28.9 Å². The van der Waals surface area contributed by atoms with Crippen LogP contribution in [0.5, 0.6) is 11.5 Å². The Balaban J connectivity index is 0.000000236. The van der Waals surface area contributed by atoms with Gasteiger partial charge in [0.2, 0.25) is 0 Å². The number of aryl methyl sites for hydroxylation is 1. The van der Waals surface area contributed by atoms with Crippen LogP contribution < -0.4 is 14.8 Å². The van der Waals surface area contributed by atoms with Crippen molar-refractivity contribution in [2.75, 3.05) is 13.1 Å². The van der Waals surface area contributed by atoms with Gasteiger partial charge in [-0.3, -0.25) is 9.59 Å². The first-order valence-corrected chi connectivity index (χ1v) is 23.8. The molecular weight excluding hydrogens is 771 g/mol. The molecule has 62 heavy (non-hydrogen) atoms. The van der Waals surface area contributed by atoms with E-state index in [4.69, 9.17) is 19.3 Å². The lowest BCUT2D eigenvalue weighted by Gasteiger charge is -2.37. The number of carbonyl (C=O) groups excluding carboxylic acids is 1. The summed E-state index contributed by atoms with van der Waals surface area (Å²) >= 11 is 0. The number of hydrogen-bond donors (Lipinski definition) is 2. The fourth-order valence-electron chi connectivity index (χ4n) is 9.20. The maximum atomic E-state index is 11.8. The molecule has 4 aromatic carbocycles. The van der Waals surface area contributed by atoms with Crippen LogP contribution in [0.4, 0.5) is 0 Å². The van der Waals surface area contributed by atoms with E-state index in [-0.39, 0.29) is 12.4 Å². The Labute approximate surface area is 374 Å². The van der Waals surface area contributed by atoms with Gasteiger partial charge in [0.1, 0.15) is 17.1 Å². The molecule has 2 fully saturated rings. The monoisotopic (exact) mass is 850 g/mol. The predicted octanol–water partition coefficient (Wildman–Crippen LogP) is 13.7. The molecule has 0 heterocycles. The molecule has 340 valence electrons. The highest BCUT2D eigenvalue weighted by Crippen LogP contribution is 2.40. The number of ether oxygens (including phenoxy) is 3. The van der Waals surface area contributed by atoms with E-state index in [2.05, 4.69) is 120 Å². The van der Waals surface area contributed by atoms with Crippen molar-refractivity contribution in [3.63, 3.8) is 0 Å². The maximum Gasteiger partial charge on any atom is 0.306 e. The van der Waals surface area contributed by atoms with Gasteiger partial charge in [-0.2, -0.15) is 0 Å². The van der Waals surface area contributed by atoms with Gasteiger partial charge in [0, 0.05) is 13.0 Å². The number of aliphatic carboxylic acids is 1. The molecule has 2 N–H and O–H groups in total. The molecule has 2 aliphatic carbocycles. The van der Waals surface area contributed by atoms with Crippen LogP contribution in [0.15, 0.2) is 72.8 Å². The van der Waals surface area contributed by atoms with Gasteiger partial charge in [-0.25, -0.2) is 0 Å². The fourth-order valence-corrected chi connectivity index (χ4v) is 9.20. The van der Waals surface area contributed by atoms with E-state index in [1.165, 1.54) is 58.4 Å². The van der Waals surface area contributed by atoms with Crippen molar-refractivity contribution in [3.8, 4) is 11.5 Å².